The molecule has 1 rings (SSSR count). The number of hydrogen-bond donors (Lipinski definition) is 2. The number of hydrogen-bond acceptors (Lipinski definition) is 3. The minimum absolute atomic E-state index is 0.960. The van der Waals surface area contributed by atoms with Gasteiger partial charge in [0.05, 0.1) is 0 Å². The lowest BCUT2D eigenvalue weighted by Gasteiger charge is -2.06. The molecule has 0 aromatic heterocycles. The zero-order chi connectivity index (χ0) is 18.5. The van der Waals surface area contributed by atoms with Crippen molar-refractivity contribution < 1.29 is 0 Å². The van der Waals surface area contributed by atoms with Gasteiger partial charge in [-0.1, -0.05) is 56.5 Å². The van der Waals surface area contributed by atoms with E-state index in [2.05, 4.69) is 60.0 Å². The van der Waals surface area contributed by atoms with Crippen LogP contribution < -0.4 is 10.6 Å². The molecule has 26 heavy (non-hydrogen) atoms. The van der Waals surface area contributed by atoms with E-state index in [1.54, 1.807) is 0 Å². The first kappa shape index (κ1) is 23.3. The van der Waals surface area contributed by atoms with Crippen molar-refractivity contribution in [2.45, 2.75) is 76.0 Å². The van der Waals surface area contributed by atoms with Crippen molar-refractivity contribution >= 4 is 11.8 Å². The lowest BCUT2D eigenvalue weighted by molar-refractivity contribution is 0.542. The maximum Gasteiger partial charge on any atom is 0.0454 e. The third-order valence-electron chi connectivity index (χ3n) is 4.38. The molecule has 0 aliphatic rings. The average Bonchev–Trinajstić information content (AvgIpc) is 2.68. The van der Waals surface area contributed by atoms with Gasteiger partial charge < -0.3 is 10.6 Å². The van der Waals surface area contributed by atoms with Crippen molar-refractivity contribution in [3.05, 3.63) is 42.5 Å². The van der Waals surface area contributed by atoms with Gasteiger partial charge in [0.15, 0.2) is 0 Å². The molecule has 0 radical (unpaired) electrons. The second-order valence-corrected chi connectivity index (χ2v) is 8.03. The highest BCUT2D eigenvalue weighted by Crippen LogP contribution is 2.19. The molecule has 0 unspecified atom stereocenters. The fourth-order valence-corrected chi connectivity index (χ4v) is 3.69. The highest BCUT2D eigenvalue weighted by Gasteiger charge is 1.93. The van der Waals surface area contributed by atoms with E-state index in [0.29, 0.717) is 0 Å². The van der Waals surface area contributed by atoms with Crippen LogP contribution in [0.2, 0.25) is 0 Å². The number of nitrogens with one attached hydrogen (secondary N) is 2. The van der Waals surface area contributed by atoms with Gasteiger partial charge >= 0.3 is 0 Å². The van der Waals surface area contributed by atoms with E-state index in [0.717, 1.165) is 19.8 Å². The molecule has 2 N–H and O–H groups in total. The predicted molar refractivity (Wildman–Crippen MR) is 119 cm³/mol. The maximum absolute atomic E-state index is 3.47. The summed E-state index contributed by atoms with van der Waals surface area (Å²) in [6.07, 6.45) is 17.8. The van der Waals surface area contributed by atoms with Crippen LogP contribution in [0.1, 0.15) is 71.1 Å². The standard InChI is InChI=1S/C23H40N2S/c1-2-3-14-19-24-22-25-20-15-9-7-5-4-6-8-10-16-21-26-23-17-12-11-13-18-23/h4-5,11-13,17-18,24-25H,2-3,6-10,14-16,19-22H2,1H3/b5-4-. The third kappa shape index (κ3) is 15.5. The summed E-state index contributed by atoms with van der Waals surface area (Å²) in [5, 5.41) is 6.91. The van der Waals surface area contributed by atoms with E-state index in [-0.39, 0.29) is 0 Å². The molecule has 0 atom stereocenters. The average molecular weight is 377 g/mol. The summed E-state index contributed by atoms with van der Waals surface area (Å²) in [6.45, 7) is 5.49. The summed E-state index contributed by atoms with van der Waals surface area (Å²) in [7, 11) is 0. The highest BCUT2D eigenvalue weighted by atomic mass is 32.2. The van der Waals surface area contributed by atoms with Crippen LogP contribution >= 0.6 is 11.8 Å². The molecule has 3 heteroatoms. The van der Waals surface area contributed by atoms with E-state index in [9.17, 15) is 0 Å². The molecular formula is C23H40N2S. The summed E-state index contributed by atoms with van der Waals surface area (Å²) in [6, 6.07) is 10.7. The Morgan fingerprint density at radius 1 is 0.769 bits per heavy atom. The van der Waals surface area contributed by atoms with Gasteiger partial charge in [-0.15, -0.1) is 11.8 Å². The smallest absolute Gasteiger partial charge is 0.0454 e. The highest BCUT2D eigenvalue weighted by molar-refractivity contribution is 7.99. The molecule has 0 aliphatic carbocycles. The van der Waals surface area contributed by atoms with E-state index in [1.807, 2.05) is 11.8 Å². The van der Waals surface area contributed by atoms with Gasteiger partial charge in [-0.3, -0.25) is 0 Å². The Morgan fingerprint density at radius 2 is 1.42 bits per heavy atom. The Balaban J connectivity index is 1.74. The summed E-state index contributed by atoms with van der Waals surface area (Å²) in [4.78, 5) is 1.40. The number of unbranched alkanes of at least 4 members (excludes halogenated alkanes) is 7. The normalized spacial score (nSPS) is 11.4. The first-order valence-electron chi connectivity index (χ1n) is 10.7. The minimum atomic E-state index is 0.960. The molecule has 0 saturated carbocycles. The molecule has 0 heterocycles. The molecular weight excluding hydrogens is 336 g/mol. The molecule has 0 bridgehead atoms. The van der Waals surface area contributed by atoms with E-state index < -0.39 is 0 Å². The summed E-state index contributed by atoms with van der Waals surface area (Å²) in [5.74, 6) is 1.24. The second-order valence-electron chi connectivity index (χ2n) is 6.86. The largest absolute Gasteiger partial charge is 0.304 e. The van der Waals surface area contributed by atoms with Gasteiger partial charge in [0.2, 0.25) is 0 Å². The SMILES string of the molecule is CCCCCNCNCCCC/C=C\CCCCCSc1ccccc1. The lowest BCUT2D eigenvalue weighted by Crippen LogP contribution is -2.30. The maximum atomic E-state index is 3.47. The summed E-state index contributed by atoms with van der Waals surface area (Å²) in [5.41, 5.74) is 0. The van der Waals surface area contributed by atoms with E-state index >= 15 is 0 Å². The van der Waals surface area contributed by atoms with Gasteiger partial charge in [0, 0.05) is 11.6 Å². The topological polar surface area (TPSA) is 24.1 Å². The van der Waals surface area contributed by atoms with Crippen molar-refractivity contribution in [1.82, 2.24) is 10.6 Å². The number of thioether (sulfide) groups is 1. The van der Waals surface area contributed by atoms with Crippen LogP contribution in [-0.2, 0) is 0 Å². The summed E-state index contributed by atoms with van der Waals surface area (Å²) >= 11 is 1.98. The zero-order valence-electron chi connectivity index (χ0n) is 16.8. The Bertz CT molecular complexity index is 419. The fraction of sp³-hybridized carbons (Fsp3) is 0.652. The van der Waals surface area contributed by atoms with Crippen molar-refractivity contribution in [3.63, 3.8) is 0 Å². The fourth-order valence-electron chi connectivity index (χ4n) is 2.76. The van der Waals surface area contributed by atoms with Crippen LogP contribution in [0.5, 0.6) is 0 Å². The molecule has 1 aromatic rings. The molecule has 0 spiro atoms. The third-order valence-corrected chi connectivity index (χ3v) is 5.47. The molecule has 0 amide bonds. The van der Waals surface area contributed by atoms with Crippen LogP contribution in [0.4, 0.5) is 0 Å². The molecule has 148 valence electrons. The number of benzene rings is 1. The van der Waals surface area contributed by atoms with E-state index in [1.165, 1.54) is 74.9 Å². The van der Waals surface area contributed by atoms with Gasteiger partial charge in [-0.2, -0.15) is 0 Å². The van der Waals surface area contributed by atoms with Crippen LogP contribution in [-0.4, -0.2) is 25.5 Å². The van der Waals surface area contributed by atoms with E-state index in [4.69, 9.17) is 0 Å². The van der Waals surface area contributed by atoms with Crippen molar-refractivity contribution in [2.75, 3.05) is 25.5 Å². The Hall–Kier alpha value is -0.770. The quantitative estimate of drug-likeness (QED) is 0.134. The molecule has 1 aromatic carbocycles. The number of allylic oxidation sites excluding steroid dienone is 2. The second kappa shape index (κ2) is 19.0. The van der Waals surface area contributed by atoms with Crippen LogP contribution in [0, 0.1) is 0 Å². The van der Waals surface area contributed by atoms with Crippen LogP contribution in [0.25, 0.3) is 0 Å². The Kier molecular flexibility index (Phi) is 17.0. The van der Waals surface area contributed by atoms with Gasteiger partial charge in [-0.25, -0.2) is 0 Å². The number of rotatable bonds is 18. The summed E-state index contributed by atoms with van der Waals surface area (Å²) < 4.78 is 0. The van der Waals surface area contributed by atoms with Gasteiger partial charge in [0.1, 0.15) is 0 Å². The molecule has 0 saturated heterocycles. The first-order chi connectivity index (χ1) is 12.9. The lowest BCUT2D eigenvalue weighted by atomic mass is 10.1. The molecule has 0 aliphatic heterocycles. The van der Waals surface area contributed by atoms with Crippen molar-refractivity contribution in [3.8, 4) is 0 Å². The molecule has 0 fully saturated rings. The van der Waals surface area contributed by atoms with Crippen molar-refractivity contribution in [2.24, 2.45) is 0 Å². The monoisotopic (exact) mass is 376 g/mol. The Labute approximate surface area is 166 Å². The van der Waals surface area contributed by atoms with Crippen LogP contribution in [0.15, 0.2) is 47.4 Å². The van der Waals surface area contributed by atoms with Crippen molar-refractivity contribution in [1.29, 1.82) is 0 Å². The molecule has 2 nitrogen and oxygen atoms in total. The predicted octanol–water partition coefficient (Wildman–Crippen LogP) is 6.39. The first-order valence-corrected chi connectivity index (χ1v) is 11.7. The van der Waals surface area contributed by atoms with Crippen LogP contribution in [0.3, 0.4) is 0 Å². The van der Waals surface area contributed by atoms with Gasteiger partial charge in [-0.05, 0) is 75.9 Å². The Morgan fingerprint density at radius 3 is 2.12 bits per heavy atom. The minimum Gasteiger partial charge on any atom is -0.304 e. The van der Waals surface area contributed by atoms with Gasteiger partial charge in [0.25, 0.3) is 0 Å². The zero-order valence-corrected chi connectivity index (χ0v) is 17.7.